The van der Waals surface area contributed by atoms with Gasteiger partial charge in [0.2, 0.25) is 0 Å². The minimum atomic E-state index is -3.32. The highest BCUT2D eigenvalue weighted by Crippen LogP contribution is 2.21. The van der Waals surface area contributed by atoms with Gasteiger partial charge in [-0.1, -0.05) is 36.1 Å². The molecule has 0 atom stereocenters. The molecule has 2 heterocycles. The van der Waals surface area contributed by atoms with Crippen molar-refractivity contribution < 1.29 is 8.42 Å². The number of nitrogens with zero attached hydrogens (tertiary/aromatic N) is 2. The topological polar surface area (TPSA) is 78.1 Å². The molecule has 0 amide bonds. The second kappa shape index (κ2) is 9.66. The third-order valence-corrected chi connectivity index (χ3v) is 8.36. The Morgan fingerprint density at radius 2 is 1.65 bits per heavy atom. The maximum atomic E-state index is 13.1. The second-order valence-electron chi connectivity index (χ2n) is 7.81. The van der Waals surface area contributed by atoms with Gasteiger partial charge in [0.25, 0.3) is 5.56 Å². The van der Waals surface area contributed by atoms with Crippen LogP contribution in [0.3, 0.4) is 0 Å². The van der Waals surface area contributed by atoms with Crippen LogP contribution in [0.4, 0.5) is 0 Å². The van der Waals surface area contributed by atoms with Gasteiger partial charge >= 0.3 is 5.69 Å². The summed E-state index contributed by atoms with van der Waals surface area (Å²) in [4.78, 5) is 28.7. The van der Waals surface area contributed by atoms with Crippen LogP contribution in [0.25, 0.3) is 10.2 Å². The zero-order chi connectivity index (χ0) is 24.5. The minimum absolute atomic E-state index is 0.0500. The van der Waals surface area contributed by atoms with Gasteiger partial charge in [0.15, 0.2) is 9.84 Å². The van der Waals surface area contributed by atoms with Gasteiger partial charge in [-0.2, -0.15) is 0 Å². The summed E-state index contributed by atoms with van der Waals surface area (Å²) < 4.78 is 26.0. The van der Waals surface area contributed by atoms with Crippen molar-refractivity contribution in [2.75, 3.05) is 12.5 Å². The number of thiophene rings is 1. The molecule has 4 aromatic rings. The van der Waals surface area contributed by atoms with Gasteiger partial charge in [0, 0.05) is 24.6 Å². The fourth-order valence-corrected chi connectivity index (χ4v) is 5.50. The van der Waals surface area contributed by atoms with E-state index in [9.17, 15) is 18.0 Å². The predicted octanol–water partition coefficient (Wildman–Crippen LogP) is 3.53. The van der Waals surface area contributed by atoms with Gasteiger partial charge < -0.3 is 0 Å². The van der Waals surface area contributed by atoms with E-state index in [1.165, 1.54) is 32.9 Å². The van der Waals surface area contributed by atoms with Crippen LogP contribution in [0.2, 0.25) is 0 Å². The Kier molecular flexibility index (Phi) is 6.84. The van der Waals surface area contributed by atoms with Crippen LogP contribution in [-0.4, -0.2) is 30.1 Å². The highest BCUT2D eigenvalue weighted by molar-refractivity contribution is 7.98. The molecule has 0 aliphatic heterocycles. The lowest BCUT2D eigenvalue weighted by Crippen LogP contribution is -2.38. The van der Waals surface area contributed by atoms with E-state index < -0.39 is 15.5 Å². The second-order valence-corrected chi connectivity index (χ2v) is 11.7. The molecule has 34 heavy (non-hydrogen) atoms. The van der Waals surface area contributed by atoms with Crippen molar-refractivity contribution in [2.24, 2.45) is 7.05 Å². The summed E-state index contributed by atoms with van der Waals surface area (Å²) in [5, 5.41) is 0.438. The molecule has 2 aromatic heterocycles. The average molecular weight is 511 g/mol. The minimum Gasteiger partial charge on any atom is -0.287 e. The molecule has 0 bridgehead atoms. The number of aromatic nitrogens is 2. The first-order valence-electron chi connectivity index (χ1n) is 10.3. The van der Waals surface area contributed by atoms with E-state index in [-0.39, 0.29) is 17.0 Å². The van der Waals surface area contributed by atoms with E-state index in [1.54, 1.807) is 37.0 Å². The summed E-state index contributed by atoms with van der Waals surface area (Å²) in [5.74, 6) is 6.27. The van der Waals surface area contributed by atoms with Crippen LogP contribution in [0.5, 0.6) is 0 Å². The van der Waals surface area contributed by atoms with Crippen molar-refractivity contribution in [2.45, 2.75) is 22.8 Å². The van der Waals surface area contributed by atoms with E-state index in [1.807, 2.05) is 6.26 Å². The highest BCUT2D eigenvalue weighted by atomic mass is 32.2. The average Bonchev–Trinajstić information content (AvgIpc) is 3.25. The zero-order valence-electron chi connectivity index (χ0n) is 18.9. The number of fused-ring (bicyclic) bond motifs is 1. The van der Waals surface area contributed by atoms with Crippen molar-refractivity contribution in [1.29, 1.82) is 0 Å². The summed E-state index contributed by atoms with van der Waals surface area (Å²) >= 11 is 3.01. The van der Waals surface area contributed by atoms with Gasteiger partial charge in [0.1, 0.15) is 4.83 Å². The molecule has 0 aliphatic carbocycles. The fourth-order valence-electron chi connectivity index (χ4n) is 3.49. The zero-order valence-corrected chi connectivity index (χ0v) is 21.3. The summed E-state index contributed by atoms with van der Waals surface area (Å²) in [5.41, 5.74) is 0.957. The number of thioether (sulfide) groups is 1. The Bertz CT molecular complexity index is 1650. The first-order valence-corrected chi connectivity index (χ1v) is 14.2. The van der Waals surface area contributed by atoms with Crippen molar-refractivity contribution in [3.63, 3.8) is 0 Å². The monoisotopic (exact) mass is 510 g/mol. The molecule has 0 saturated carbocycles. The molecular weight excluding hydrogens is 488 g/mol. The lowest BCUT2D eigenvalue weighted by atomic mass is 10.1. The summed E-state index contributed by atoms with van der Waals surface area (Å²) in [6.07, 6.45) is 3.76. The smallest absolute Gasteiger partial charge is 0.287 e. The molecule has 0 saturated heterocycles. The van der Waals surface area contributed by atoms with E-state index in [4.69, 9.17) is 0 Å². The summed E-state index contributed by atoms with van der Waals surface area (Å²) in [6.45, 7) is 0.0500. The number of rotatable bonds is 5. The number of benzene rings is 2. The van der Waals surface area contributed by atoms with Crippen molar-refractivity contribution in [1.82, 2.24) is 9.13 Å². The maximum Gasteiger partial charge on any atom is 0.332 e. The maximum absolute atomic E-state index is 13.1. The quantitative estimate of drug-likeness (QED) is 0.303. The van der Waals surface area contributed by atoms with Crippen LogP contribution < -0.4 is 11.2 Å². The molecule has 9 heteroatoms. The van der Waals surface area contributed by atoms with Crippen LogP contribution in [-0.2, 0) is 29.9 Å². The van der Waals surface area contributed by atoms with Crippen LogP contribution in [0.1, 0.15) is 16.0 Å². The Labute approximate surface area is 205 Å². The van der Waals surface area contributed by atoms with Gasteiger partial charge in [-0.25, -0.2) is 13.2 Å². The van der Waals surface area contributed by atoms with Crippen molar-refractivity contribution in [3.8, 4) is 11.8 Å². The summed E-state index contributed by atoms with van der Waals surface area (Å²) in [7, 11) is -1.68. The molecule has 2 aromatic carbocycles. The molecule has 0 spiro atoms. The van der Waals surface area contributed by atoms with E-state index in [2.05, 4.69) is 36.1 Å². The predicted molar refractivity (Wildman–Crippen MR) is 139 cm³/mol. The van der Waals surface area contributed by atoms with Gasteiger partial charge in [-0.05, 0) is 47.7 Å². The SMILES string of the molecule is CSc1ccc(CC#Cc2cc3c(=O)n(Cc4ccc(S(C)(=O)=O)cc4)c(=O)n(C)c3s2)cc1. The van der Waals surface area contributed by atoms with Gasteiger partial charge in [-0.3, -0.25) is 13.9 Å². The van der Waals surface area contributed by atoms with Gasteiger partial charge in [-0.15, -0.1) is 23.1 Å². The Balaban J connectivity index is 1.64. The normalized spacial score (nSPS) is 11.4. The number of hydrogen-bond acceptors (Lipinski definition) is 6. The van der Waals surface area contributed by atoms with Crippen molar-refractivity contribution in [3.05, 3.63) is 91.4 Å². The Hall–Kier alpha value is -3.06. The molecule has 0 aliphatic rings. The lowest BCUT2D eigenvalue weighted by Gasteiger charge is -2.09. The molecule has 0 N–H and O–H groups in total. The number of aryl methyl sites for hydroxylation is 1. The number of hydrogen-bond donors (Lipinski definition) is 0. The first-order chi connectivity index (χ1) is 16.2. The molecule has 174 valence electrons. The fraction of sp³-hybridized carbons (Fsp3) is 0.200. The Morgan fingerprint density at radius 1 is 1.00 bits per heavy atom. The first kappa shape index (κ1) is 24.1. The van der Waals surface area contributed by atoms with Crippen LogP contribution in [0, 0.1) is 11.8 Å². The number of sulfone groups is 1. The van der Waals surface area contributed by atoms with E-state index >= 15 is 0 Å². The lowest BCUT2D eigenvalue weighted by molar-refractivity contribution is 0.601. The standard InChI is InChI=1S/C25H22N2O4S3/c1-26-24-22(15-20(33-24)6-4-5-17-7-11-19(32-2)12-8-17)23(28)27(25(26)29)16-18-9-13-21(14-10-18)34(3,30)31/h7-15H,5,16H2,1-3H3. The summed E-state index contributed by atoms with van der Waals surface area (Å²) in [6, 6.07) is 16.1. The Morgan fingerprint density at radius 3 is 2.26 bits per heavy atom. The van der Waals surface area contributed by atoms with Gasteiger partial charge in [0.05, 0.1) is 21.7 Å². The van der Waals surface area contributed by atoms with Crippen LogP contribution >= 0.6 is 23.1 Å². The molecule has 0 radical (unpaired) electrons. The largest absolute Gasteiger partial charge is 0.332 e. The molecular formula is C25H22N2O4S3. The van der Waals surface area contributed by atoms with Crippen LogP contribution in [0.15, 0.2) is 74.0 Å². The molecule has 4 rings (SSSR count). The molecule has 6 nitrogen and oxygen atoms in total. The van der Waals surface area contributed by atoms with E-state index in [0.29, 0.717) is 22.2 Å². The third-order valence-electron chi connectivity index (χ3n) is 5.37. The van der Waals surface area contributed by atoms with Crippen molar-refractivity contribution >= 4 is 43.2 Å². The molecule has 0 fully saturated rings. The highest BCUT2D eigenvalue weighted by Gasteiger charge is 2.15. The van der Waals surface area contributed by atoms with E-state index in [0.717, 1.165) is 21.3 Å². The third kappa shape index (κ3) is 5.04. The molecule has 0 unspecified atom stereocenters.